The van der Waals surface area contributed by atoms with Crippen LogP contribution < -0.4 is 16.2 Å². The van der Waals surface area contributed by atoms with Crippen molar-refractivity contribution in [2.24, 2.45) is 0 Å². The van der Waals surface area contributed by atoms with Crippen LogP contribution in [0.25, 0.3) is 11.1 Å². The van der Waals surface area contributed by atoms with Gasteiger partial charge in [0.25, 0.3) is 0 Å². The van der Waals surface area contributed by atoms with Crippen LogP contribution >= 0.6 is 0 Å². The Balaban J connectivity index is 1.32. The van der Waals surface area contributed by atoms with Gasteiger partial charge in [-0.25, -0.2) is 14.6 Å². The van der Waals surface area contributed by atoms with Gasteiger partial charge < -0.3 is 9.26 Å². The van der Waals surface area contributed by atoms with Gasteiger partial charge in [-0.15, -0.1) is 4.74 Å². The topological polar surface area (TPSA) is 77.2 Å². The molecular weight excluding hydrogens is 392 g/mol. The van der Waals surface area contributed by atoms with E-state index < -0.39 is 11.4 Å². The molecule has 0 aliphatic carbocycles. The standard InChI is InChI=1S/C25H24N2O4/c1-17-4-3-5-18(2)23(17)21-10-6-19(7-11-21)14-15-30-22-12-8-20(9-13-22)16-27-24(28)26-25(29)31-27/h3-13H,14-16H2,1-2H3,(H,26,28,29). The Hall–Kier alpha value is -3.80. The normalized spacial score (nSPS) is 10.9. The number of hydrogen-bond acceptors (Lipinski definition) is 4. The number of ether oxygens (including phenoxy) is 1. The number of rotatable bonds is 7. The average Bonchev–Trinajstić information content (AvgIpc) is 3.07. The Morgan fingerprint density at radius 2 is 1.52 bits per heavy atom. The number of aromatic amines is 1. The van der Waals surface area contributed by atoms with E-state index in [1.165, 1.54) is 27.8 Å². The highest BCUT2D eigenvalue weighted by atomic mass is 16.5. The van der Waals surface area contributed by atoms with E-state index in [2.05, 4.69) is 61.3 Å². The van der Waals surface area contributed by atoms with E-state index in [-0.39, 0.29) is 6.54 Å². The lowest BCUT2D eigenvalue weighted by atomic mass is 9.95. The van der Waals surface area contributed by atoms with Gasteiger partial charge in [-0.05, 0) is 59.4 Å². The Morgan fingerprint density at radius 1 is 0.871 bits per heavy atom. The molecule has 4 rings (SSSR count). The maximum absolute atomic E-state index is 11.5. The van der Waals surface area contributed by atoms with Crippen molar-refractivity contribution in [3.63, 3.8) is 0 Å². The number of aryl methyl sites for hydroxylation is 2. The van der Waals surface area contributed by atoms with E-state index in [1.807, 2.05) is 24.3 Å². The minimum atomic E-state index is -0.757. The molecule has 0 aliphatic rings. The molecule has 0 spiro atoms. The van der Waals surface area contributed by atoms with Gasteiger partial charge in [0, 0.05) is 6.42 Å². The molecule has 6 nitrogen and oxygen atoms in total. The molecule has 1 aromatic heterocycles. The van der Waals surface area contributed by atoms with Gasteiger partial charge in [0.2, 0.25) is 0 Å². The molecule has 6 heteroatoms. The van der Waals surface area contributed by atoms with Gasteiger partial charge in [-0.2, -0.15) is 0 Å². The fraction of sp³-hybridized carbons (Fsp3) is 0.200. The number of aromatic nitrogens is 2. The zero-order valence-electron chi connectivity index (χ0n) is 17.6. The molecule has 0 unspecified atom stereocenters. The SMILES string of the molecule is Cc1cccc(C)c1-c1ccc(CCOc2ccc(Cn3oc(=O)[nH]c3=O)cc2)cc1. The van der Waals surface area contributed by atoms with Crippen molar-refractivity contribution in [1.82, 2.24) is 9.72 Å². The first-order chi connectivity index (χ1) is 15.0. The minimum absolute atomic E-state index is 0.185. The molecule has 1 N–H and O–H groups in total. The molecule has 0 amide bonds. The smallest absolute Gasteiger partial charge is 0.440 e. The van der Waals surface area contributed by atoms with E-state index in [0.717, 1.165) is 22.5 Å². The predicted molar refractivity (Wildman–Crippen MR) is 120 cm³/mol. The summed E-state index contributed by atoms with van der Waals surface area (Å²) in [5.41, 5.74) is 6.58. The summed E-state index contributed by atoms with van der Waals surface area (Å²) in [5, 5.41) is 0. The van der Waals surface area contributed by atoms with Gasteiger partial charge in [0.05, 0.1) is 13.2 Å². The molecule has 4 aromatic rings. The summed E-state index contributed by atoms with van der Waals surface area (Å²) in [6.45, 7) is 5.03. The third kappa shape index (κ3) is 4.86. The van der Waals surface area contributed by atoms with Crippen molar-refractivity contribution in [1.29, 1.82) is 0 Å². The lowest BCUT2D eigenvalue weighted by Gasteiger charge is -2.11. The summed E-state index contributed by atoms with van der Waals surface area (Å²) in [6.07, 6.45) is 0.804. The Morgan fingerprint density at radius 3 is 2.13 bits per heavy atom. The van der Waals surface area contributed by atoms with Crippen LogP contribution in [0.1, 0.15) is 22.3 Å². The van der Waals surface area contributed by atoms with Crippen LogP contribution in [0.4, 0.5) is 0 Å². The number of hydrogen-bond donors (Lipinski definition) is 1. The molecule has 158 valence electrons. The quantitative estimate of drug-likeness (QED) is 0.492. The molecule has 3 aromatic carbocycles. The number of nitrogens with zero attached hydrogens (tertiary/aromatic N) is 1. The molecule has 0 atom stereocenters. The summed E-state index contributed by atoms with van der Waals surface area (Å²) in [5.74, 6) is -0.00852. The monoisotopic (exact) mass is 416 g/mol. The molecule has 0 fully saturated rings. The molecule has 0 bridgehead atoms. The molecule has 0 aliphatic heterocycles. The first kappa shape index (κ1) is 20.5. The first-order valence-corrected chi connectivity index (χ1v) is 10.2. The maximum Gasteiger partial charge on any atom is 0.440 e. The van der Waals surface area contributed by atoms with E-state index >= 15 is 0 Å². The molecule has 1 heterocycles. The summed E-state index contributed by atoms with van der Waals surface area (Å²) < 4.78 is 11.6. The molecule has 0 saturated heterocycles. The zero-order chi connectivity index (χ0) is 21.8. The maximum atomic E-state index is 11.5. The third-order valence-electron chi connectivity index (χ3n) is 5.26. The zero-order valence-corrected chi connectivity index (χ0v) is 17.6. The molecular formula is C25H24N2O4. The number of benzene rings is 3. The van der Waals surface area contributed by atoms with Crippen molar-refractivity contribution < 1.29 is 9.26 Å². The second kappa shape index (κ2) is 8.92. The minimum Gasteiger partial charge on any atom is -0.493 e. The summed E-state index contributed by atoms with van der Waals surface area (Å²) in [4.78, 5) is 24.6. The van der Waals surface area contributed by atoms with E-state index in [1.54, 1.807) is 0 Å². The highest BCUT2D eigenvalue weighted by molar-refractivity contribution is 5.70. The van der Waals surface area contributed by atoms with Crippen LogP contribution in [-0.4, -0.2) is 16.3 Å². The lowest BCUT2D eigenvalue weighted by Crippen LogP contribution is -2.17. The van der Waals surface area contributed by atoms with Crippen molar-refractivity contribution in [2.75, 3.05) is 6.61 Å². The molecule has 0 saturated carbocycles. The van der Waals surface area contributed by atoms with Gasteiger partial charge in [-0.1, -0.05) is 54.6 Å². The Bertz CT molecular complexity index is 1260. The van der Waals surface area contributed by atoms with Crippen LogP contribution in [-0.2, 0) is 13.0 Å². The molecule has 0 radical (unpaired) electrons. The van der Waals surface area contributed by atoms with Crippen molar-refractivity contribution >= 4 is 0 Å². The fourth-order valence-electron chi connectivity index (χ4n) is 3.67. The van der Waals surface area contributed by atoms with E-state index in [4.69, 9.17) is 9.26 Å². The van der Waals surface area contributed by atoms with Gasteiger partial charge >= 0.3 is 11.4 Å². The first-order valence-electron chi connectivity index (χ1n) is 10.2. The number of H-pyrrole nitrogens is 1. The highest BCUT2D eigenvalue weighted by Gasteiger charge is 2.06. The lowest BCUT2D eigenvalue weighted by molar-refractivity contribution is 0.258. The van der Waals surface area contributed by atoms with Gasteiger partial charge in [0.1, 0.15) is 5.75 Å². The predicted octanol–water partition coefficient (Wildman–Crippen LogP) is 4.08. The summed E-state index contributed by atoms with van der Waals surface area (Å²) in [6, 6.07) is 22.4. The van der Waals surface area contributed by atoms with E-state index in [9.17, 15) is 9.59 Å². The molecule has 31 heavy (non-hydrogen) atoms. The van der Waals surface area contributed by atoms with Crippen LogP contribution in [0.15, 0.2) is 80.8 Å². The van der Waals surface area contributed by atoms with Crippen molar-refractivity contribution in [3.8, 4) is 16.9 Å². The second-order valence-corrected chi connectivity index (χ2v) is 7.55. The van der Waals surface area contributed by atoms with Crippen LogP contribution in [0, 0.1) is 13.8 Å². The van der Waals surface area contributed by atoms with Crippen molar-refractivity contribution in [2.45, 2.75) is 26.8 Å². The van der Waals surface area contributed by atoms with Crippen LogP contribution in [0.3, 0.4) is 0 Å². The average molecular weight is 416 g/mol. The largest absolute Gasteiger partial charge is 0.493 e. The van der Waals surface area contributed by atoms with Crippen LogP contribution in [0.2, 0.25) is 0 Å². The number of nitrogens with one attached hydrogen (secondary N) is 1. The summed E-state index contributed by atoms with van der Waals surface area (Å²) >= 11 is 0. The third-order valence-corrected chi connectivity index (χ3v) is 5.26. The second-order valence-electron chi connectivity index (χ2n) is 7.55. The van der Waals surface area contributed by atoms with Crippen molar-refractivity contribution in [3.05, 3.63) is 110 Å². The van der Waals surface area contributed by atoms with Gasteiger partial charge in [-0.3, -0.25) is 0 Å². The fourth-order valence-corrected chi connectivity index (χ4v) is 3.67. The van der Waals surface area contributed by atoms with Crippen LogP contribution in [0.5, 0.6) is 5.75 Å². The van der Waals surface area contributed by atoms with Gasteiger partial charge in [0.15, 0.2) is 0 Å². The highest BCUT2D eigenvalue weighted by Crippen LogP contribution is 2.27. The summed E-state index contributed by atoms with van der Waals surface area (Å²) in [7, 11) is 0. The Kier molecular flexibility index (Phi) is 5.89. The van der Waals surface area contributed by atoms with E-state index in [0.29, 0.717) is 6.61 Å². The Labute approximate surface area is 179 Å².